The van der Waals surface area contributed by atoms with Crippen LogP contribution >= 0.6 is 45.2 Å². The Morgan fingerprint density at radius 2 is 1.86 bits per heavy atom. The van der Waals surface area contributed by atoms with Crippen molar-refractivity contribution in [1.82, 2.24) is 5.32 Å². The highest BCUT2D eigenvalue weighted by molar-refractivity contribution is 14.1. The van der Waals surface area contributed by atoms with Gasteiger partial charge in [0.05, 0.1) is 0 Å². The van der Waals surface area contributed by atoms with E-state index in [0.29, 0.717) is 0 Å². The summed E-state index contributed by atoms with van der Waals surface area (Å²) in [5.74, 6) is 0.729. The van der Waals surface area contributed by atoms with Gasteiger partial charge in [-0.05, 0) is 94.2 Å². The van der Waals surface area contributed by atoms with Crippen LogP contribution in [0.2, 0.25) is 0 Å². The third kappa shape index (κ3) is 2.82. The molecule has 1 saturated heterocycles. The predicted octanol–water partition coefficient (Wildman–Crippen LogP) is 3.36. The summed E-state index contributed by atoms with van der Waals surface area (Å²) < 4.78 is 2.71. The van der Waals surface area contributed by atoms with E-state index in [-0.39, 0.29) is 0 Å². The molecule has 3 heteroatoms. The Morgan fingerprint density at radius 1 is 1.14 bits per heavy atom. The fraction of sp³-hybridized carbons (Fsp3) is 0.455. The van der Waals surface area contributed by atoms with E-state index in [9.17, 15) is 0 Å². The van der Waals surface area contributed by atoms with Gasteiger partial charge in [-0.25, -0.2) is 0 Å². The zero-order valence-corrected chi connectivity index (χ0v) is 12.2. The lowest BCUT2D eigenvalue weighted by molar-refractivity contribution is 0.461. The van der Waals surface area contributed by atoms with Crippen LogP contribution in [0.25, 0.3) is 0 Å². The lowest BCUT2D eigenvalue weighted by atomic mass is 9.92. The highest BCUT2D eigenvalue weighted by Crippen LogP contribution is 2.26. The standard InChI is InChI=1S/C11H13I2N/c12-10-4-9(5-11(13)6-10)8-2-1-3-14-7-8/h4-6,8,14H,1-3,7H2/t8-/m0/s1. The van der Waals surface area contributed by atoms with Crippen LogP contribution in [0.15, 0.2) is 18.2 Å². The second-order valence-electron chi connectivity index (χ2n) is 3.75. The molecule has 0 saturated carbocycles. The quantitative estimate of drug-likeness (QED) is 0.697. The molecule has 0 amide bonds. The van der Waals surface area contributed by atoms with E-state index in [0.717, 1.165) is 12.5 Å². The lowest BCUT2D eigenvalue weighted by Gasteiger charge is -2.23. The van der Waals surface area contributed by atoms with Crippen LogP contribution in [-0.2, 0) is 0 Å². The molecule has 1 heterocycles. The fourth-order valence-corrected chi connectivity index (χ4v) is 3.93. The van der Waals surface area contributed by atoms with Crippen molar-refractivity contribution >= 4 is 45.2 Å². The number of nitrogens with one attached hydrogen (secondary N) is 1. The maximum atomic E-state index is 3.47. The number of hydrogen-bond donors (Lipinski definition) is 1. The summed E-state index contributed by atoms with van der Waals surface area (Å²) in [6, 6.07) is 6.86. The van der Waals surface area contributed by atoms with Gasteiger partial charge in [-0.1, -0.05) is 0 Å². The Bertz CT molecular complexity index is 299. The van der Waals surface area contributed by atoms with Crippen LogP contribution in [0.3, 0.4) is 0 Å². The van der Waals surface area contributed by atoms with Crippen LogP contribution in [0.1, 0.15) is 24.3 Å². The molecule has 14 heavy (non-hydrogen) atoms. The summed E-state index contributed by atoms with van der Waals surface area (Å²) in [5.41, 5.74) is 1.51. The zero-order valence-electron chi connectivity index (χ0n) is 7.89. The minimum absolute atomic E-state index is 0.729. The first-order chi connectivity index (χ1) is 6.75. The van der Waals surface area contributed by atoms with Gasteiger partial charge in [0.25, 0.3) is 0 Å². The van der Waals surface area contributed by atoms with E-state index in [1.807, 2.05) is 0 Å². The van der Waals surface area contributed by atoms with Gasteiger partial charge in [-0.2, -0.15) is 0 Å². The van der Waals surface area contributed by atoms with E-state index in [4.69, 9.17) is 0 Å². The third-order valence-electron chi connectivity index (χ3n) is 2.65. The van der Waals surface area contributed by atoms with Gasteiger partial charge < -0.3 is 5.32 Å². The normalized spacial score (nSPS) is 22.3. The molecule has 1 aromatic rings. The molecule has 1 aromatic carbocycles. The molecule has 1 atom stereocenters. The van der Waals surface area contributed by atoms with Gasteiger partial charge in [0.1, 0.15) is 0 Å². The van der Waals surface area contributed by atoms with Crippen molar-refractivity contribution in [2.75, 3.05) is 13.1 Å². The van der Waals surface area contributed by atoms with Gasteiger partial charge in [0.15, 0.2) is 0 Å². The van der Waals surface area contributed by atoms with E-state index in [2.05, 4.69) is 68.7 Å². The van der Waals surface area contributed by atoms with Crippen LogP contribution in [0, 0.1) is 7.14 Å². The summed E-state index contributed by atoms with van der Waals surface area (Å²) in [6.45, 7) is 2.34. The molecule has 0 unspecified atom stereocenters. The van der Waals surface area contributed by atoms with Crippen LogP contribution in [0.5, 0.6) is 0 Å². The highest BCUT2D eigenvalue weighted by Gasteiger charge is 2.15. The fourth-order valence-electron chi connectivity index (χ4n) is 1.95. The predicted molar refractivity (Wildman–Crippen MR) is 76.7 cm³/mol. The number of piperidine rings is 1. The SMILES string of the molecule is Ic1cc(I)cc([C@H]2CCCNC2)c1. The van der Waals surface area contributed by atoms with Gasteiger partial charge >= 0.3 is 0 Å². The first-order valence-electron chi connectivity index (χ1n) is 4.92. The van der Waals surface area contributed by atoms with E-state index < -0.39 is 0 Å². The zero-order chi connectivity index (χ0) is 9.97. The second kappa shape index (κ2) is 5.12. The molecule has 1 fully saturated rings. The van der Waals surface area contributed by atoms with E-state index >= 15 is 0 Å². The van der Waals surface area contributed by atoms with Crippen molar-refractivity contribution in [3.63, 3.8) is 0 Å². The molecule has 0 radical (unpaired) electrons. The van der Waals surface area contributed by atoms with Gasteiger partial charge in [0.2, 0.25) is 0 Å². The smallest absolute Gasteiger partial charge is 0.0143 e. The van der Waals surface area contributed by atoms with Crippen molar-refractivity contribution in [3.05, 3.63) is 30.9 Å². The van der Waals surface area contributed by atoms with Crippen molar-refractivity contribution in [1.29, 1.82) is 0 Å². The molecule has 1 nitrogen and oxygen atoms in total. The molecule has 1 aliphatic rings. The number of rotatable bonds is 1. The van der Waals surface area contributed by atoms with E-state index in [1.54, 1.807) is 0 Å². The van der Waals surface area contributed by atoms with Gasteiger partial charge in [-0.3, -0.25) is 0 Å². The van der Waals surface area contributed by atoms with Gasteiger partial charge in [-0.15, -0.1) is 0 Å². The molecule has 76 valence electrons. The minimum atomic E-state index is 0.729. The average molecular weight is 413 g/mol. The Labute approximate surface area is 112 Å². The number of benzene rings is 1. The number of halogens is 2. The summed E-state index contributed by atoms with van der Waals surface area (Å²) in [7, 11) is 0. The topological polar surface area (TPSA) is 12.0 Å². The van der Waals surface area contributed by atoms with Crippen molar-refractivity contribution in [2.45, 2.75) is 18.8 Å². The average Bonchev–Trinajstić information content (AvgIpc) is 2.18. The maximum absolute atomic E-state index is 3.47. The summed E-state index contributed by atoms with van der Waals surface area (Å²) in [6.07, 6.45) is 2.65. The van der Waals surface area contributed by atoms with Crippen LogP contribution < -0.4 is 5.32 Å². The van der Waals surface area contributed by atoms with E-state index in [1.165, 1.54) is 32.1 Å². The lowest BCUT2D eigenvalue weighted by Crippen LogP contribution is -2.28. The Hall–Kier alpha value is 0.640. The van der Waals surface area contributed by atoms with Crippen molar-refractivity contribution < 1.29 is 0 Å². The Kier molecular flexibility index (Phi) is 4.07. The monoisotopic (exact) mass is 413 g/mol. The third-order valence-corrected chi connectivity index (χ3v) is 3.90. The highest BCUT2D eigenvalue weighted by atomic mass is 127. The van der Waals surface area contributed by atoms with Crippen LogP contribution in [-0.4, -0.2) is 13.1 Å². The first-order valence-corrected chi connectivity index (χ1v) is 7.08. The molecule has 1 N–H and O–H groups in total. The maximum Gasteiger partial charge on any atom is 0.0143 e. The molecular formula is C11H13I2N. The van der Waals surface area contributed by atoms with Crippen molar-refractivity contribution in [2.24, 2.45) is 0 Å². The Balaban J connectivity index is 2.21. The molecule has 0 aromatic heterocycles. The first kappa shape index (κ1) is 11.1. The summed E-state index contributed by atoms with van der Waals surface area (Å²) >= 11 is 4.80. The molecule has 0 aliphatic carbocycles. The summed E-state index contributed by atoms with van der Waals surface area (Å²) in [4.78, 5) is 0. The Morgan fingerprint density at radius 3 is 2.43 bits per heavy atom. The minimum Gasteiger partial charge on any atom is -0.316 e. The molecular weight excluding hydrogens is 400 g/mol. The van der Waals surface area contributed by atoms with Crippen LogP contribution in [0.4, 0.5) is 0 Å². The van der Waals surface area contributed by atoms with Crippen molar-refractivity contribution in [3.8, 4) is 0 Å². The molecule has 0 spiro atoms. The molecule has 0 bridgehead atoms. The molecule has 2 rings (SSSR count). The summed E-state index contributed by atoms with van der Waals surface area (Å²) in [5, 5.41) is 3.47. The van der Waals surface area contributed by atoms with Gasteiger partial charge in [0, 0.05) is 13.7 Å². The molecule has 1 aliphatic heterocycles. The largest absolute Gasteiger partial charge is 0.316 e. The number of hydrogen-bond acceptors (Lipinski definition) is 1. The second-order valence-corrected chi connectivity index (χ2v) is 6.24.